The summed E-state index contributed by atoms with van der Waals surface area (Å²) in [6.45, 7) is 1.54. The largest absolute Gasteiger partial charge is 0.437 e. The Hall–Kier alpha value is -3.40. The molecule has 1 heterocycles. The number of carbonyl (C=O) groups is 1. The molecule has 4 heteroatoms. The highest BCUT2D eigenvalue weighted by molar-refractivity contribution is 5.93. The van der Waals surface area contributed by atoms with E-state index in [0.29, 0.717) is 5.89 Å². The molecule has 0 aliphatic rings. The van der Waals surface area contributed by atoms with E-state index >= 15 is 0 Å². The summed E-state index contributed by atoms with van der Waals surface area (Å²) >= 11 is 0. The Kier molecular flexibility index (Phi) is 5.22. The normalized spacial score (nSPS) is 11.9. The molecular weight excluding hydrogens is 312 g/mol. The Morgan fingerprint density at radius 2 is 1.68 bits per heavy atom. The van der Waals surface area contributed by atoms with Crippen molar-refractivity contribution in [3.8, 4) is 0 Å². The van der Waals surface area contributed by atoms with E-state index < -0.39 is 0 Å². The second-order valence-corrected chi connectivity index (χ2v) is 5.33. The predicted octanol–water partition coefficient (Wildman–Crippen LogP) is 4.96. The highest BCUT2D eigenvalue weighted by atomic mass is 16.3. The smallest absolute Gasteiger partial charge is 0.227 e. The third-order valence-electron chi connectivity index (χ3n) is 3.49. The number of hydrogen-bond acceptors (Lipinski definition) is 3. The Bertz CT molecular complexity index is 904. The van der Waals surface area contributed by atoms with Crippen molar-refractivity contribution in [2.75, 3.05) is 4.90 Å². The number of nitrogens with zero attached hydrogens (tertiary/aromatic N) is 2. The molecule has 0 saturated heterocycles. The SMILES string of the molecule is CC(=O)N(/C=C/C=C/C=C/c1nc2ccccc2o1)c1ccccc1. The number of fused-ring (bicyclic) bond motifs is 1. The molecule has 0 unspecified atom stereocenters. The molecule has 0 fully saturated rings. The Labute approximate surface area is 146 Å². The average molecular weight is 330 g/mol. The molecular formula is C21H18N2O2. The van der Waals surface area contributed by atoms with Gasteiger partial charge in [-0.1, -0.05) is 48.6 Å². The molecule has 0 aliphatic heterocycles. The third kappa shape index (κ3) is 4.32. The van der Waals surface area contributed by atoms with Crippen LogP contribution in [0.15, 0.2) is 89.5 Å². The van der Waals surface area contributed by atoms with Gasteiger partial charge in [-0.25, -0.2) is 4.98 Å². The van der Waals surface area contributed by atoms with E-state index in [2.05, 4.69) is 4.98 Å². The molecule has 3 aromatic rings. The first-order valence-corrected chi connectivity index (χ1v) is 7.96. The lowest BCUT2D eigenvalue weighted by atomic mass is 10.3. The zero-order chi connectivity index (χ0) is 17.5. The lowest BCUT2D eigenvalue weighted by molar-refractivity contribution is -0.116. The summed E-state index contributed by atoms with van der Waals surface area (Å²) in [6, 6.07) is 17.1. The zero-order valence-electron chi connectivity index (χ0n) is 13.9. The van der Waals surface area contributed by atoms with E-state index in [1.807, 2.05) is 78.9 Å². The fourth-order valence-corrected chi connectivity index (χ4v) is 2.32. The van der Waals surface area contributed by atoms with E-state index in [9.17, 15) is 4.79 Å². The molecule has 4 nitrogen and oxygen atoms in total. The molecule has 3 rings (SSSR count). The molecule has 0 N–H and O–H groups in total. The number of benzene rings is 2. The van der Waals surface area contributed by atoms with Crippen molar-refractivity contribution in [3.63, 3.8) is 0 Å². The van der Waals surface area contributed by atoms with Crippen LogP contribution in [0.25, 0.3) is 17.2 Å². The van der Waals surface area contributed by atoms with Crippen molar-refractivity contribution in [1.82, 2.24) is 4.98 Å². The second-order valence-electron chi connectivity index (χ2n) is 5.33. The van der Waals surface area contributed by atoms with Crippen LogP contribution in [-0.2, 0) is 4.79 Å². The van der Waals surface area contributed by atoms with Crippen molar-refractivity contribution in [2.24, 2.45) is 0 Å². The Morgan fingerprint density at radius 3 is 2.44 bits per heavy atom. The van der Waals surface area contributed by atoms with E-state index in [4.69, 9.17) is 4.42 Å². The molecule has 0 spiro atoms. The first-order valence-electron chi connectivity index (χ1n) is 7.96. The van der Waals surface area contributed by atoms with Crippen LogP contribution in [0.3, 0.4) is 0 Å². The first kappa shape index (κ1) is 16.5. The Morgan fingerprint density at radius 1 is 0.960 bits per heavy atom. The number of rotatable bonds is 5. The standard InChI is InChI=1S/C21H18N2O2/c1-17(24)23(18-11-5-4-6-12-18)16-10-3-2-7-15-21-22-19-13-8-9-14-20(19)25-21/h2-16H,1H3/b3-2+,15-7+,16-10+. The number of allylic oxidation sites excluding steroid dienone is 4. The summed E-state index contributed by atoms with van der Waals surface area (Å²) in [4.78, 5) is 17.7. The van der Waals surface area contributed by atoms with Crippen molar-refractivity contribution in [3.05, 3.63) is 91.0 Å². The number of oxazole rings is 1. The van der Waals surface area contributed by atoms with Gasteiger partial charge in [-0.15, -0.1) is 0 Å². The fraction of sp³-hybridized carbons (Fsp3) is 0.0476. The van der Waals surface area contributed by atoms with Gasteiger partial charge in [0.05, 0.1) is 0 Å². The highest BCUT2D eigenvalue weighted by Crippen LogP contribution is 2.16. The van der Waals surface area contributed by atoms with Gasteiger partial charge in [-0.3, -0.25) is 9.69 Å². The second kappa shape index (κ2) is 7.93. The third-order valence-corrected chi connectivity index (χ3v) is 3.49. The fourth-order valence-electron chi connectivity index (χ4n) is 2.32. The number of aromatic nitrogens is 1. The van der Waals surface area contributed by atoms with Crippen LogP contribution in [0.2, 0.25) is 0 Å². The van der Waals surface area contributed by atoms with Crippen LogP contribution < -0.4 is 4.90 Å². The lowest BCUT2D eigenvalue weighted by Gasteiger charge is -2.15. The van der Waals surface area contributed by atoms with Crippen LogP contribution in [0.4, 0.5) is 5.69 Å². The monoisotopic (exact) mass is 330 g/mol. The first-order chi connectivity index (χ1) is 12.2. The summed E-state index contributed by atoms with van der Waals surface area (Å²) in [5.74, 6) is 0.516. The van der Waals surface area contributed by atoms with Crippen LogP contribution >= 0.6 is 0 Å². The van der Waals surface area contributed by atoms with Crippen molar-refractivity contribution >= 4 is 28.8 Å². The minimum atomic E-state index is -0.0436. The van der Waals surface area contributed by atoms with Gasteiger partial charge in [0.1, 0.15) is 5.52 Å². The molecule has 0 atom stereocenters. The summed E-state index contributed by atoms with van der Waals surface area (Å²) in [5, 5.41) is 0. The maximum Gasteiger partial charge on any atom is 0.227 e. The molecule has 2 aromatic carbocycles. The number of para-hydroxylation sites is 3. The highest BCUT2D eigenvalue weighted by Gasteiger charge is 2.06. The summed E-state index contributed by atoms with van der Waals surface area (Å²) in [5.41, 5.74) is 2.44. The summed E-state index contributed by atoms with van der Waals surface area (Å²) < 4.78 is 5.60. The molecule has 0 saturated carbocycles. The quantitative estimate of drug-likeness (QED) is 0.621. The van der Waals surface area contributed by atoms with E-state index in [0.717, 1.165) is 16.8 Å². The van der Waals surface area contributed by atoms with Gasteiger partial charge in [0.2, 0.25) is 11.8 Å². The Balaban J connectivity index is 1.63. The van der Waals surface area contributed by atoms with Gasteiger partial charge < -0.3 is 4.42 Å². The van der Waals surface area contributed by atoms with E-state index in [1.165, 1.54) is 6.92 Å². The van der Waals surface area contributed by atoms with Gasteiger partial charge in [-0.05, 0) is 30.3 Å². The van der Waals surface area contributed by atoms with Crippen molar-refractivity contribution in [1.29, 1.82) is 0 Å². The number of amides is 1. The summed E-state index contributed by atoms with van der Waals surface area (Å²) in [6.07, 6.45) is 10.9. The topological polar surface area (TPSA) is 46.3 Å². The molecule has 1 amide bonds. The van der Waals surface area contributed by atoms with Gasteiger partial charge in [0.15, 0.2) is 5.58 Å². The van der Waals surface area contributed by atoms with Gasteiger partial charge in [0, 0.05) is 24.9 Å². The maximum atomic E-state index is 11.8. The molecule has 0 aliphatic carbocycles. The zero-order valence-corrected chi connectivity index (χ0v) is 13.9. The molecule has 0 radical (unpaired) electrons. The van der Waals surface area contributed by atoms with E-state index in [-0.39, 0.29) is 5.91 Å². The predicted molar refractivity (Wildman–Crippen MR) is 101 cm³/mol. The number of anilines is 1. The maximum absolute atomic E-state index is 11.8. The minimum Gasteiger partial charge on any atom is -0.437 e. The molecule has 0 bridgehead atoms. The molecule has 124 valence electrons. The van der Waals surface area contributed by atoms with Crippen LogP contribution in [-0.4, -0.2) is 10.9 Å². The van der Waals surface area contributed by atoms with Crippen molar-refractivity contribution < 1.29 is 9.21 Å². The van der Waals surface area contributed by atoms with Gasteiger partial charge in [0.25, 0.3) is 0 Å². The number of hydrogen-bond donors (Lipinski definition) is 0. The average Bonchev–Trinajstić information content (AvgIpc) is 3.04. The van der Waals surface area contributed by atoms with Crippen molar-refractivity contribution in [2.45, 2.75) is 6.92 Å². The molecule has 25 heavy (non-hydrogen) atoms. The van der Waals surface area contributed by atoms with Crippen LogP contribution in [0.1, 0.15) is 12.8 Å². The summed E-state index contributed by atoms with van der Waals surface area (Å²) in [7, 11) is 0. The van der Waals surface area contributed by atoms with Gasteiger partial charge in [-0.2, -0.15) is 0 Å². The number of carbonyl (C=O) groups excluding carboxylic acids is 1. The minimum absolute atomic E-state index is 0.0436. The van der Waals surface area contributed by atoms with E-state index in [1.54, 1.807) is 17.2 Å². The van der Waals surface area contributed by atoms with Crippen LogP contribution in [0, 0.1) is 0 Å². The van der Waals surface area contributed by atoms with Gasteiger partial charge >= 0.3 is 0 Å². The molecule has 1 aromatic heterocycles. The lowest BCUT2D eigenvalue weighted by Crippen LogP contribution is -2.21. The van der Waals surface area contributed by atoms with Crippen LogP contribution in [0.5, 0.6) is 0 Å².